The van der Waals surface area contributed by atoms with Crippen molar-refractivity contribution in [2.45, 2.75) is 43.8 Å². The predicted molar refractivity (Wildman–Crippen MR) is 80.2 cm³/mol. The third-order valence-electron chi connectivity index (χ3n) is 4.64. The molecular formula is C16H24N2O4. The monoisotopic (exact) mass is 308 g/mol. The van der Waals surface area contributed by atoms with Gasteiger partial charge in [0.15, 0.2) is 0 Å². The molecule has 3 rings (SSSR count). The van der Waals surface area contributed by atoms with Gasteiger partial charge in [-0.15, -0.1) is 0 Å². The minimum Gasteiger partial charge on any atom is -0.467 e. The summed E-state index contributed by atoms with van der Waals surface area (Å²) in [4.78, 5) is 14.9. The summed E-state index contributed by atoms with van der Waals surface area (Å²) in [5.74, 6) is 0.575. The Kier molecular flexibility index (Phi) is 5.12. The Morgan fingerprint density at radius 2 is 2.23 bits per heavy atom. The standard InChI is InChI=1S/C16H24N2O4/c19-11-13(15-4-2-8-22-15)17-16(20)14-3-1-7-18(14)12-5-9-21-10-6-12/h2,4,8,12-14,19H,1,3,5-7,9-11H2,(H,17,20). The first-order valence-corrected chi connectivity index (χ1v) is 8.07. The van der Waals surface area contributed by atoms with Crippen LogP contribution in [0.4, 0.5) is 0 Å². The van der Waals surface area contributed by atoms with Crippen LogP contribution in [-0.2, 0) is 9.53 Å². The molecule has 2 aliphatic rings. The van der Waals surface area contributed by atoms with Crippen LogP contribution < -0.4 is 5.32 Å². The van der Waals surface area contributed by atoms with E-state index in [0.717, 1.165) is 45.4 Å². The van der Waals surface area contributed by atoms with E-state index in [1.165, 1.54) is 0 Å². The number of rotatable bonds is 5. The molecule has 0 radical (unpaired) electrons. The molecule has 22 heavy (non-hydrogen) atoms. The van der Waals surface area contributed by atoms with E-state index in [9.17, 15) is 9.90 Å². The van der Waals surface area contributed by atoms with Crippen LogP contribution in [0.5, 0.6) is 0 Å². The molecule has 2 unspecified atom stereocenters. The fourth-order valence-electron chi connectivity index (χ4n) is 3.49. The highest BCUT2D eigenvalue weighted by atomic mass is 16.5. The number of aliphatic hydroxyl groups is 1. The smallest absolute Gasteiger partial charge is 0.238 e. The summed E-state index contributed by atoms with van der Waals surface area (Å²) in [6.07, 6.45) is 5.45. The summed E-state index contributed by atoms with van der Waals surface area (Å²) < 4.78 is 10.7. The van der Waals surface area contributed by atoms with Crippen molar-refractivity contribution in [2.75, 3.05) is 26.4 Å². The maximum atomic E-state index is 12.6. The summed E-state index contributed by atoms with van der Waals surface area (Å²) in [6, 6.07) is 3.38. The molecule has 2 atom stereocenters. The van der Waals surface area contributed by atoms with Gasteiger partial charge in [-0.1, -0.05) is 0 Å². The van der Waals surface area contributed by atoms with E-state index >= 15 is 0 Å². The number of furan rings is 1. The highest BCUT2D eigenvalue weighted by Crippen LogP contribution is 2.26. The minimum atomic E-state index is -0.473. The SMILES string of the molecule is O=C(NC(CO)c1ccco1)C1CCCN1C1CCOCC1. The van der Waals surface area contributed by atoms with Crippen LogP contribution in [0, 0.1) is 0 Å². The van der Waals surface area contributed by atoms with Crippen LogP contribution in [0.15, 0.2) is 22.8 Å². The number of likely N-dealkylation sites (tertiary alicyclic amines) is 1. The summed E-state index contributed by atoms with van der Waals surface area (Å²) in [7, 11) is 0. The van der Waals surface area contributed by atoms with Crippen LogP contribution in [-0.4, -0.2) is 54.4 Å². The molecular weight excluding hydrogens is 284 g/mol. The van der Waals surface area contributed by atoms with E-state index in [-0.39, 0.29) is 18.6 Å². The summed E-state index contributed by atoms with van der Waals surface area (Å²) in [5, 5.41) is 12.4. The Bertz CT molecular complexity index is 471. The molecule has 3 heterocycles. The molecule has 6 heteroatoms. The Morgan fingerprint density at radius 3 is 2.91 bits per heavy atom. The van der Waals surface area contributed by atoms with Crippen LogP contribution in [0.2, 0.25) is 0 Å². The average Bonchev–Trinajstić information content (AvgIpc) is 3.24. The molecule has 1 amide bonds. The molecule has 0 spiro atoms. The lowest BCUT2D eigenvalue weighted by Crippen LogP contribution is -2.50. The van der Waals surface area contributed by atoms with Crippen molar-refractivity contribution >= 4 is 5.91 Å². The molecule has 0 aliphatic carbocycles. The average molecular weight is 308 g/mol. The maximum absolute atomic E-state index is 12.6. The zero-order valence-electron chi connectivity index (χ0n) is 12.7. The van der Waals surface area contributed by atoms with Crippen molar-refractivity contribution < 1.29 is 19.1 Å². The van der Waals surface area contributed by atoms with Crippen molar-refractivity contribution in [3.05, 3.63) is 24.2 Å². The predicted octanol–water partition coefficient (Wildman–Crippen LogP) is 1.07. The third-order valence-corrected chi connectivity index (χ3v) is 4.64. The lowest BCUT2D eigenvalue weighted by atomic mass is 10.1. The summed E-state index contributed by atoms with van der Waals surface area (Å²) in [5.41, 5.74) is 0. The fourth-order valence-corrected chi connectivity index (χ4v) is 3.49. The number of nitrogens with one attached hydrogen (secondary N) is 1. The van der Waals surface area contributed by atoms with Gasteiger partial charge in [0.05, 0.1) is 18.9 Å². The van der Waals surface area contributed by atoms with Gasteiger partial charge in [-0.05, 0) is 44.4 Å². The number of nitrogens with zero attached hydrogens (tertiary/aromatic N) is 1. The maximum Gasteiger partial charge on any atom is 0.238 e. The third kappa shape index (κ3) is 3.34. The quantitative estimate of drug-likeness (QED) is 0.851. The number of aliphatic hydroxyl groups excluding tert-OH is 1. The van der Waals surface area contributed by atoms with Gasteiger partial charge in [-0.2, -0.15) is 0 Å². The van der Waals surface area contributed by atoms with Gasteiger partial charge >= 0.3 is 0 Å². The Labute approximate surface area is 130 Å². The normalized spacial score (nSPS) is 25.2. The Hall–Kier alpha value is -1.37. The molecule has 2 N–H and O–H groups in total. The van der Waals surface area contributed by atoms with E-state index in [1.807, 2.05) is 0 Å². The molecule has 1 aromatic heterocycles. The number of hydrogen-bond acceptors (Lipinski definition) is 5. The molecule has 0 bridgehead atoms. The minimum absolute atomic E-state index is 0.0144. The zero-order valence-corrected chi connectivity index (χ0v) is 12.7. The molecule has 2 fully saturated rings. The highest BCUT2D eigenvalue weighted by molar-refractivity contribution is 5.82. The number of carbonyl (C=O) groups is 1. The summed E-state index contributed by atoms with van der Waals surface area (Å²) >= 11 is 0. The molecule has 1 aromatic rings. The Balaban J connectivity index is 1.62. The molecule has 0 aromatic carbocycles. The molecule has 122 valence electrons. The van der Waals surface area contributed by atoms with Gasteiger partial charge in [0, 0.05) is 19.3 Å². The van der Waals surface area contributed by atoms with Crippen molar-refractivity contribution in [1.82, 2.24) is 10.2 Å². The molecule has 6 nitrogen and oxygen atoms in total. The second kappa shape index (κ2) is 7.26. The van der Waals surface area contributed by atoms with E-state index in [0.29, 0.717) is 11.8 Å². The Morgan fingerprint density at radius 1 is 1.41 bits per heavy atom. The molecule has 2 saturated heterocycles. The van der Waals surface area contributed by atoms with E-state index in [1.54, 1.807) is 18.4 Å². The van der Waals surface area contributed by atoms with Gasteiger partial charge < -0.3 is 19.6 Å². The largest absolute Gasteiger partial charge is 0.467 e. The van der Waals surface area contributed by atoms with Crippen molar-refractivity contribution in [1.29, 1.82) is 0 Å². The number of ether oxygens (including phenoxy) is 1. The second-order valence-electron chi connectivity index (χ2n) is 6.00. The zero-order chi connectivity index (χ0) is 15.4. The first kappa shape index (κ1) is 15.5. The first-order chi connectivity index (χ1) is 10.8. The summed E-state index contributed by atoms with van der Waals surface area (Å²) in [6.45, 7) is 2.36. The van der Waals surface area contributed by atoms with Crippen LogP contribution in [0.3, 0.4) is 0 Å². The van der Waals surface area contributed by atoms with Crippen LogP contribution in [0.1, 0.15) is 37.5 Å². The van der Waals surface area contributed by atoms with Gasteiger partial charge in [-0.25, -0.2) is 0 Å². The lowest BCUT2D eigenvalue weighted by molar-refractivity contribution is -0.128. The number of hydrogen-bond donors (Lipinski definition) is 2. The topological polar surface area (TPSA) is 74.9 Å². The second-order valence-corrected chi connectivity index (χ2v) is 6.00. The van der Waals surface area contributed by atoms with E-state index < -0.39 is 6.04 Å². The van der Waals surface area contributed by atoms with Crippen molar-refractivity contribution in [3.63, 3.8) is 0 Å². The molecule has 2 aliphatic heterocycles. The van der Waals surface area contributed by atoms with Gasteiger partial charge in [-0.3, -0.25) is 9.69 Å². The number of amides is 1. The van der Waals surface area contributed by atoms with Gasteiger partial charge in [0.2, 0.25) is 5.91 Å². The van der Waals surface area contributed by atoms with E-state index in [4.69, 9.17) is 9.15 Å². The van der Waals surface area contributed by atoms with Crippen molar-refractivity contribution in [3.8, 4) is 0 Å². The van der Waals surface area contributed by atoms with Gasteiger partial charge in [0.1, 0.15) is 11.8 Å². The lowest BCUT2D eigenvalue weighted by Gasteiger charge is -2.35. The van der Waals surface area contributed by atoms with Crippen LogP contribution >= 0.6 is 0 Å². The van der Waals surface area contributed by atoms with Gasteiger partial charge in [0.25, 0.3) is 0 Å². The fraction of sp³-hybridized carbons (Fsp3) is 0.688. The van der Waals surface area contributed by atoms with Crippen LogP contribution in [0.25, 0.3) is 0 Å². The molecule has 0 saturated carbocycles. The number of carbonyl (C=O) groups excluding carboxylic acids is 1. The highest BCUT2D eigenvalue weighted by Gasteiger charge is 2.36. The van der Waals surface area contributed by atoms with E-state index in [2.05, 4.69) is 10.2 Å². The van der Waals surface area contributed by atoms with Crippen molar-refractivity contribution in [2.24, 2.45) is 0 Å². The first-order valence-electron chi connectivity index (χ1n) is 8.07.